The summed E-state index contributed by atoms with van der Waals surface area (Å²) in [7, 11) is 1.39. The molecule has 1 atom stereocenters. The van der Waals surface area contributed by atoms with Gasteiger partial charge in [0, 0.05) is 11.6 Å². The minimum Gasteiger partial charge on any atom is -0.497 e. The fourth-order valence-corrected chi connectivity index (χ4v) is 2.81. The average Bonchev–Trinajstić information content (AvgIpc) is 2.87. The average molecular weight is 369 g/mol. The van der Waals surface area contributed by atoms with E-state index >= 15 is 0 Å². The highest BCUT2D eigenvalue weighted by Crippen LogP contribution is 2.40. The number of anilines is 1. The summed E-state index contributed by atoms with van der Waals surface area (Å²) < 4.78 is 18.9. The second-order valence-electron chi connectivity index (χ2n) is 5.07. The molecule has 0 saturated heterocycles. The van der Waals surface area contributed by atoms with Gasteiger partial charge in [-0.05, 0) is 18.2 Å². The molecular weight excluding hydrogens is 358 g/mol. The number of fused-ring (bicyclic) bond motifs is 1. The molecule has 0 saturated carbocycles. The molecule has 124 valence electrons. The van der Waals surface area contributed by atoms with Crippen LogP contribution >= 0.6 is 23.2 Å². The highest BCUT2D eigenvalue weighted by atomic mass is 35.5. The minimum absolute atomic E-state index is 0.190. The lowest BCUT2D eigenvalue weighted by molar-refractivity contribution is -0.117. The van der Waals surface area contributed by atoms with E-state index < -0.39 is 23.7 Å². The van der Waals surface area contributed by atoms with Crippen molar-refractivity contribution in [2.24, 2.45) is 0 Å². The second-order valence-corrected chi connectivity index (χ2v) is 5.85. The van der Waals surface area contributed by atoms with Crippen molar-refractivity contribution >= 4 is 40.7 Å². The van der Waals surface area contributed by atoms with Gasteiger partial charge in [0.15, 0.2) is 0 Å². The third-order valence-corrected chi connectivity index (χ3v) is 4.45. The Hall–Kier alpha value is -2.31. The molecule has 0 spiro atoms. The van der Waals surface area contributed by atoms with Crippen molar-refractivity contribution in [3.8, 4) is 5.75 Å². The van der Waals surface area contributed by atoms with E-state index in [0.717, 1.165) is 6.07 Å². The summed E-state index contributed by atoms with van der Waals surface area (Å²) in [6, 6.07) is 5.95. The van der Waals surface area contributed by atoms with Gasteiger partial charge in [0.1, 0.15) is 17.6 Å². The number of carbonyl (C=O) groups is 2. The van der Waals surface area contributed by atoms with Crippen molar-refractivity contribution in [3.05, 3.63) is 57.3 Å². The Bertz CT molecular complexity index is 857. The lowest BCUT2D eigenvalue weighted by Gasteiger charge is -2.13. The van der Waals surface area contributed by atoms with Crippen LogP contribution < -0.4 is 15.4 Å². The minimum atomic E-state index is -0.983. The summed E-state index contributed by atoms with van der Waals surface area (Å²) in [5, 5.41) is 5.53. The van der Waals surface area contributed by atoms with E-state index in [1.165, 1.54) is 25.3 Å². The second kappa shape index (κ2) is 6.30. The molecule has 0 unspecified atom stereocenters. The van der Waals surface area contributed by atoms with Gasteiger partial charge in [-0.25, -0.2) is 4.39 Å². The van der Waals surface area contributed by atoms with E-state index in [1.54, 1.807) is 6.07 Å². The van der Waals surface area contributed by atoms with Crippen LogP contribution in [0.5, 0.6) is 5.75 Å². The molecule has 2 amide bonds. The number of nitrogens with one attached hydrogen (secondary N) is 2. The highest BCUT2D eigenvalue weighted by molar-refractivity contribution is 6.44. The molecule has 0 fully saturated rings. The van der Waals surface area contributed by atoms with Crippen LogP contribution in [0.3, 0.4) is 0 Å². The summed E-state index contributed by atoms with van der Waals surface area (Å²) >= 11 is 12.0. The van der Waals surface area contributed by atoms with Gasteiger partial charge in [-0.1, -0.05) is 29.3 Å². The molecule has 3 rings (SSSR count). The molecule has 0 radical (unpaired) electrons. The summed E-state index contributed by atoms with van der Waals surface area (Å²) in [4.78, 5) is 24.4. The van der Waals surface area contributed by atoms with E-state index in [1.807, 2.05) is 0 Å². The van der Waals surface area contributed by atoms with Crippen molar-refractivity contribution in [1.82, 2.24) is 5.32 Å². The van der Waals surface area contributed by atoms with Gasteiger partial charge in [0.2, 0.25) is 0 Å². The zero-order valence-electron chi connectivity index (χ0n) is 12.3. The normalized spacial score (nSPS) is 15.7. The van der Waals surface area contributed by atoms with Gasteiger partial charge in [-0.3, -0.25) is 9.59 Å². The van der Waals surface area contributed by atoms with Crippen molar-refractivity contribution in [2.45, 2.75) is 6.04 Å². The fraction of sp³-hybridized carbons (Fsp3) is 0.125. The zero-order chi connectivity index (χ0) is 17.4. The number of carbonyl (C=O) groups excluding carboxylic acids is 2. The number of hydrogen-bond donors (Lipinski definition) is 2. The van der Waals surface area contributed by atoms with Gasteiger partial charge in [0.25, 0.3) is 11.8 Å². The number of ether oxygens (including phenoxy) is 1. The first-order chi connectivity index (χ1) is 11.4. The van der Waals surface area contributed by atoms with E-state index in [0.29, 0.717) is 11.3 Å². The van der Waals surface area contributed by atoms with Crippen molar-refractivity contribution < 1.29 is 18.7 Å². The number of halogens is 3. The van der Waals surface area contributed by atoms with E-state index in [2.05, 4.69) is 10.6 Å². The molecule has 2 N–H and O–H groups in total. The number of hydrogen-bond acceptors (Lipinski definition) is 3. The van der Waals surface area contributed by atoms with Crippen LogP contribution in [0.4, 0.5) is 10.1 Å². The summed E-state index contributed by atoms with van der Waals surface area (Å²) in [6.45, 7) is 0. The molecule has 0 aromatic heterocycles. The highest BCUT2D eigenvalue weighted by Gasteiger charge is 2.34. The van der Waals surface area contributed by atoms with Gasteiger partial charge >= 0.3 is 0 Å². The van der Waals surface area contributed by atoms with Crippen LogP contribution in [0, 0.1) is 5.82 Å². The Balaban J connectivity index is 1.89. The fourth-order valence-electron chi connectivity index (χ4n) is 2.43. The monoisotopic (exact) mass is 368 g/mol. The maximum absolute atomic E-state index is 14.0. The van der Waals surface area contributed by atoms with Gasteiger partial charge < -0.3 is 15.4 Å². The topological polar surface area (TPSA) is 67.4 Å². The van der Waals surface area contributed by atoms with Crippen LogP contribution in [0.15, 0.2) is 30.3 Å². The molecular formula is C16H11Cl2FN2O3. The molecule has 1 heterocycles. The zero-order valence-corrected chi connectivity index (χ0v) is 13.8. The predicted molar refractivity (Wildman–Crippen MR) is 88.3 cm³/mol. The Morgan fingerprint density at radius 2 is 2.04 bits per heavy atom. The number of benzene rings is 2. The number of amides is 2. The third kappa shape index (κ3) is 2.79. The van der Waals surface area contributed by atoms with Crippen LogP contribution in [0.1, 0.15) is 22.0 Å². The molecule has 1 aliphatic heterocycles. The van der Waals surface area contributed by atoms with E-state index in [4.69, 9.17) is 27.9 Å². The molecule has 0 bridgehead atoms. The maximum Gasteiger partial charge on any atom is 0.255 e. The van der Waals surface area contributed by atoms with Crippen molar-refractivity contribution in [3.63, 3.8) is 0 Å². The summed E-state index contributed by atoms with van der Waals surface area (Å²) in [5.41, 5.74) is 0.614. The molecule has 24 heavy (non-hydrogen) atoms. The maximum atomic E-state index is 14.0. The Kier molecular flexibility index (Phi) is 4.34. The summed E-state index contributed by atoms with van der Waals surface area (Å²) in [6.07, 6.45) is 0. The molecule has 1 aliphatic rings. The smallest absolute Gasteiger partial charge is 0.255 e. The summed E-state index contributed by atoms with van der Waals surface area (Å²) in [5.74, 6) is -1.67. The van der Waals surface area contributed by atoms with Crippen molar-refractivity contribution in [2.75, 3.05) is 12.4 Å². The van der Waals surface area contributed by atoms with Crippen LogP contribution in [-0.4, -0.2) is 18.9 Å². The SMILES string of the molecule is COc1ccc(C(=O)N[C@@H]2C(=O)Nc3c2ccc(Cl)c3Cl)c(F)c1. The van der Waals surface area contributed by atoms with E-state index in [9.17, 15) is 14.0 Å². The predicted octanol–water partition coefficient (Wildman–Crippen LogP) is 3.56. The van der Waals surface area contributed by atoms with Gasteiger partial charge in [-0.2, -0.15) is 0 Å². The van der Waals surface area contributed by atoms with Crippen LogP contribution in [-0.2, 0) is 4.79 Å². The Morgan fingerprint density at radius 3 is 2.71 bits per heavy atom. The Labute approximate surface area is 146 Å². The standard InChI is InChI=1S/C16H11Cl2FN2O3/c1-24-7-2-3-8(11(19)6-7)15(22)21-14-9-4-5-10(17)12(18)13(9)20-16(14)23/h2-6,14H,1H3,(H,20,23)(H,21,22)/t14-/m0/s1. The molecule has 2 aromatic carbocycles. The molecule has 8 heteroatoms. The molecule has 5 nitrogen and oxygen atoms in total. The lowest BCUT2D eigenvalue weighted by Crippen LogP contribution is -2.33. The first-order valence-corrected chi connectivity index (χ1v) is 7.61. The number of methoxy groups -OCH3 is 1. The third-order valence-electron chi connectivity index (χ3n) is 3.64. The number of rotatable bonds is 3. The Morgan fingerprint density at radius 1 is 1.29 bits per heavy atom. The van der Waals surface area contributed by atoms with Gasteiger partial charge in [0.05, 0.1) is 28.4 Å². The first kappa shape index (κ1) is 16.5. The lowest BCUT2D eigenvalue weighted by atomic mass is 10.1. The largest absolute Gasteiger partial charge is 0.497 e. The van der Waals surface area contributed by atoms with Crippen LogP contribution in [0.25, 0.3) is 0 Å². The molecule has 0 aliphatic carbocycles. The first-order valence-electron chi connectivity index (χ1n) is 6.85. The van der Waals surface area contributed by atoms with Crippen LogP contribution in [0.2, 0.25) is 10.0 Å². The molecule has 2 aromatic rings. The van der Waals surface area contributed by atoms with E-state index in [-0.39, 0.29) is 21.4 Å². The van der Waals surface area contributed by atoms with Crippen molar-refractivity contribution in [1.29, 1.82) is 0 Å². The quantitative estimate of drug-likeness (QED) is 0.870. The van der Waals surface area contributed by atoms with Gasteiger partial charge in [-0.15, -0.1) is 0 Å².